The maximum Gasteiger partial charge on any atom is 0.220 e. The molecule has 0 saturated heterocycles. The monoisotopic (exact) mass is 437 g/mol. The summed E-state index contributed by atoms with van der Waals surface area (Å²) in [5, 5.41) is 6.10. The highest BCUT2D eigenvalue weighted by atomic mass is 35.5. The molecule has 2 aromatic heterocycles. The van der Waals surface area contributed by atoms with Gasteiger partial charge in [0, 0.05) is 34.8 Å². The smallest absolute Gasteiger partial charge is 0.220 e. The molecular formula is C20H21Cl2N3O2S. The molecule has 0 radical (unpaired) electrons. The molecule has 1 atom stereocenters. The number of rotatable bonds is 8. The van der Waals surface area contributed by atoms with Crippen LogP contribution in [0.2, 0.25) is 10.0 Å². The Morgan fingerprint density at radius 3 is 2.82 bits per heavy atom. The van der Waals surface area contributed by atoms with Gasteiger partial charge in [-0.25, -0.2) is 4.98 Å². The minimum absolute atomic E-state index is 0.0346. The summed E-state index contributed by atoms with van der Waals surface area (Å²) in [4.78, 5) is 19.8. The van der Waals surface area contributed by atoms with E-state index in [9.17, 15) is 4.79 Å². The molecule has 1 amide bonds. The molecular weight excluding hydrogens is 417 g/mol. The summed E-state index contributed by atoms with van der Waals surface area (Å²) in [6, 6.07) is 9.44. The lowest BCUT2D eigenvalue weighted by Gasteiger charge is -2.23. The van der Waals surface area contributed by atoms with Crippen LogP contribution in [-0.4, -0.2) is 36.4 Å². The average molecular weight is 438 g/mol. The van der Waals surface area contributed by atoms with Crippen LogP contribution in [0.3, 0.4) is 0 Å². The first-order valence-electron chi connectivity index (χ1n) is 8.80. The number of likely N-dealkylation sites (N-methyl/N-ethyl adjacent to an activating group) is 1. The molecule has 5 nitrogen and oxygen atoms in total. The summed E-state index contributed by atoms with van der Waals surface area (Å²) in [5.74, 6) is 1.02. The number of hydrogen-bond acceptors (Lipinski definition) is 5. The van der Waals surface area contributed by atoms with Gasteiger partial charge in [0.15, 0.2) is 11.7 Å². The van der Waals surface area contributed by atoms with E-state index in [1.807, 2.05) is 25.5 Å². The van der Waals surface area contributed by atoms with Gasteiger partial charge < -0.3 is 14.6 Å². The second-order valence-electron chi connectivity index (χ2n) is 6.54. The number of oxazole rings is 1. The Balaban J connectivity index is 1.53. The van der Waals surface area contributed by atoms with Gasteiger partial charge in [-0.1, -0.05) is 29.3 Å². The topological polar surface area (TPSA) is 58.4 Å². The highest BCUT2D eigenvalue weighted by molar-refractivity contribution is 7.10. The summed E-state index contributed by atoms with van der Waals surface area (Å²) < 4.78 is 5.74. The maximum atomic E-state index is 12.2. The summed E-state index contributed by atoms with van der Waals surface area (Å²) >= 11 is 13.8. The summed E-state index contributed by atoms with van der Waals surface area (Å²) in [6.07, 6.45) is 2.34. The van der Waals surface area contributed by atoms with Crippen molar-refractivity contribution in [2.45, 2.75) is 18.9 Å². The number of amides is 1. The lowest BCUT2D eigenvalue weighted by Crippen LogP contribution is -2.34. The molecule has 0 aliphatic heterocycles. The summed E-state index contributed by atoms with van der Waals surface area (Å²) in [7, 11) is 4.01. The molecule has 0 aliphatic carbocycles. The third-order valence-corrected chi connectivity index (χ3v) is 5.82. The Hall–Kier alpha value is -1.86. The van der Waals surface area contributed by atoms with Gasteiger partial charge in [-0.2, -0.15) is 0 Å². The lowest BCUT2D eigenvalue weighted by molar-refractivity contribution is -0.121. The molecule has 28 heavy (non-hydrogen) atoms. The largest absolute Gasteiger partial charge is 0.441 e. The van der Waals surface area contributed by atoms with Gasteiger partial charge in [-0.15, -0.1) is 11.3 Å². The Morgan fingerprint density at radius 2 is 2.14 bits per heavy atom. The molecule has 8 heteroatoms. The second kappa shape index (κ2) is 9.56. The standard InChI is InChI=1S/C20H21Cl2N3O2S/c1-25(2)16(18-4-3-9-28-18)11-23-19(26)7-8-20-24-12-17(27-20)14-6-5-13(21)10-15(14)22/h3-6,9-10,12,16H,7-8,11H2,1-2H3,(H,23,26). The third-order valence-electron chi connectivity index (χ3n) is 4.30. The quantitative estimate of drug-likeness (QED) is 0.534. The molecule has 0 spiro atoms. The zero-order valence-electron chi connectivity index (χ0n) is 15.6. The molecule has 0 aliphatic rings. The van der Waals surface area contributed by atoms with E-state index in [1.165, 1.54) is 4.88 Å². The number of aromatic nitrogens is 1. The summed E-state index contributed by atoms with van der Waals surface area (Å²) in [6.45, 7) is 0.559. The second-order valence-corrected chi connectivity index (χ2v) is 8.36. The maximum absolute atomic E-state index is 12.2. The van der Waals surface area contributed by atoms with Crippen LogP contribution in [0.5, 0.6) is 0 Å². The molecule has 1 aromatic carbocycles. The molecule has 1 unspecified atom stereocenters. The predicted octanol–water partition coefficient (Wildman–Crippen LogP) is 5.06. The van der Waals surface area contributed by atoms with Gasteiger partial charge in [-0.3, -0.25) is 4.79 Å². The van der Waals surface area contributed by atoms with Crippen molar-refractivity contribution in [3.8, 4) is 11.3 Å². The average Bonchev–Trinajstić information content (AvgIpc) is 3.32. The van der Waals surface area contributed by atoms with E-state index in [2.05, 4.69) is 21.3 Å². The van der Waals surface area contributed by atoms with Gasteiger partial charge in [0.1, 0.15) is 0 Å². The van der Waals surface area contributed by atoms with E-state index in [1.54, 1.807) is 35.7 Å². The Bertz CT molecular complexity index is 925. The van der Waals surface area contributed by atoms with Crippen LogP contribution >= 0.6 is 34.5 Å². The zero-order chi connectivity index (χ0) is 20.1. The molecule has 148 valence electrons. The van der Waals surface area contributed by atoms with Crippen molar-refractivity contribution in [1.29, 1.82) is 0 Å². The van der Waals surface area contributed by atoms with Crippen LogP contribution in [0.4, 0.5) is 0 Å². The van der Waals surface area contributed by atoms with Gasteiger partial charge >= 0.3 is 0 Å². The van der Waals surface area contributed by atoms with Crippen molar-refractivity contribution in [3.05, 3.63) is 62.7 Å². The van der Waals surface area contributed by atoms with E-state index in [-0.39, 0.29) is 11.9 Å². The van der Waals surface area contributed by atoms with Gasteiger partial charge in [-0.05, 0) is 43.7 Å². The number of hydrogen-bond donors (Lipinski definition) is 1. The van der Waals surface area contributed by atoms with E-state index in [0.717, 1.165) is 5.56 Å². The van der Waals surface area contributed by atoms with E-state index >= 15 is 0 Å². The first kappa shape index (κ1) is 20.9. The number of nitrogens with one attached hydrogen (secondary N) is 1. The van der Waals surface area contributed by atoms with Crippen LogP contribution in [0.25, 0.3) is 11.3 Å². The minimum atomic E-state index is -0.0346. The Kier molecular flexibility index (Phi) is 7.13. The molecule has 0 fully saturated rings. The molecule has 1 N–H and O–H groups in total. The fourth-order valence-corrected chi connectivity index (χ4v) is 4.20. The normalized spacial score (nSPS) is 12.3. The van der Waals surface area contributed by atoms with Crippen molar-refractivity contribution in [2.24, 2.45) is 0 Å². The Labute approximate surface area is 178 Å². The van der Waals surface area contributed by atoms with Crippen molar-refractivity contribution in [3.63, 3.8) is 0 Å². The number of nitrogens with zero attached hydrogens (tertiary/aromatic N) is 2. The van der Waals surface area contributed by atoms with E-state index in [4.69, 9.17) is 27.6 Å². The fourth-order valence-electron chi connectivity index (χ4n) is 2.78. The van der Waals surface area contributed by atoms with Crippen LogP contribution < -0.4 is 5.32 Å². The van der Waals surface area contributed by atoms with Crippen molar-refractivity contribution in [1.82, 2.24) is 15.2 Å². The van der Waals surface area contributed by atoms with E-state index in [0.29, 0.717) is 41.1 Å². The van der Waals surface area contributed by atoms with Crippen molar-refractivity contribution < 1.29 is 9.21 Å². The van der Waals surface area contributed by atoms with Crippen molar-refractivity contribution in [2.75, 3.05) is 20.6 Å². The van der Waals surface area contributed by atoms with E-state index < -0.39 is 0 Å². The number of benzene rings is 1. The van der Waals surface area contributed by atoms with Gasteiger partial charge in [0.05, 0.1) is 17.3 Å². The number of carbonyl (C=O) groups excluding carboxylic acids is 1. The third kappa shape index (κ3) is 5.35. The van der Waals surface area contributed by atoms with Crippen molar-refractivity contribution >= 4 is 40.4 Å². The van der Waals surface area contributed by atoms with Crippen LogP contribution in [-0.2, 0) is 11.2 Å². The molecule has 2 heterocycles. The lowest BCUT2D eigenvalue weighted by atomic mass is 10.2. The number of carbonyl (C=O) groups is 1. The van der Waals surface area contributed by atoms with Gasteiger partial charge in [0.25, 0.3) is 0 Å². The predicted molar refractivity (Wildman–Crippen MR) is 114 cm³/mol. The fraction of sp³-hybridized carbons (Fsp3) is 0.300. The zero-order valence-corrected chi connectivity index (χ0v) is 17.9. The van der Waals surface area contributed by atoms with Crippen LogP contribution in [0.15, 0.2) is 46.3 Å². The van der Waals surface area contributed by atoms with Crippen LogP contribution in [0, 0.1) is 0 Å². The molecule has 3 aromatic rings. The highest BCUT2D eigenvalue weighted by Crippen LogP contribution is 2.30. The molecule has 0 bridgehead atoms. The van der Waals surface area contributed by atoms with Gasteiger partial charge in [0.2, 0.25) is 5.91 Å². The molecule has 0 saturated carbocycles. The number of aryl methyl sites for hydroxylation is 1. The highest BCUT2D eigenvalue weighted by Gasteiger charge is 2.17. The minimum Gasteiger partial charge on any atom is -0.441 e. The first-order chi connectivity index (χ1) is 13.4. The SMILES string of the molecule is CN(C)C(CNC(=O)CCc1ncc(-c2ccc(Cl)cc2Cl)o1)c1cccs1. The number of halogens is 2. The summed E-state index contributed by atoms with van der Waals surface area (Å²) in [5.41, 5.74) is 0.721. The number of thiophene rings is 1. The first-order valence-corrected chi connectivity index (χ1v) is 10.4. The molecule has 3 rings (SSSR count). The Morgan fingerprint density at radius 1 is 1.32 bits per heavy atom. The van der Waals surface area contributed by atoms with Crippen LogP contribution in [0.1, 0.15) is 23.2 Å².